The van der Waals surface area contributed by atoms with Crippen LogP contribution in [0.5, 0.6) is 0 Å². The number of nitrogens with one attached hydrogen (secondary N) is 2. The van der Waals surface area contributed by atoms with Gasteiger partial charge in [-0.25, -0.2) is 13.6 Å². The number of benzene rings is 1. The number of aromatic amines is 1. The molecule has 39 heavy (non-hydrogen) atoms. The molecule has 0 bridgehead atoms. The number of aromatic nitrogens is 1. The molecular weight excluding hydrogens is 506 g/mol. The minimum Gasteiger partial charge on any atom is -0.476 e. The Balaban J connectivity index is 1.36. The quantitative estimate of drug-likeness (QED) is 0.396. The Morgan fingerprint density at radius 1 is 1.08 bits per heavy atom. The van der Waals surface area contributed by atoms with E-state index < -0.39 is 36.2 Å². The second kappa shape index (κ2) is 11.6. The van der Waals surface area contributed by atoms with Crippen LogP contribution in [0.3, 0.4) is 0 Å². The Morgan fingerprint density at radius 3 is 2.46 bits per heavy atom. The van der Waals surface area contributed by atoms with E-state index in [-0.39, 0.29) is 35.0 Å². The third-order valence-corrected chi connectivity index (χ3v) is 9.37. The van der Waals surface area contributed by atoms with Gasteiger partial charge in [-0.15, -0.1) is 0 Å². The van der Waals surface area contributed by atoms with Crippen molar-refractivity contribution < 1.29 is 28.3 Å². The summed E-state index contributed by atoms with van der Waals surface area (Å²) in [5.41, 5.74) is 6.06. The minimum absolute atomic E-state index is 0.0149. The van der Waals surface area contributed by atoms with E-state index in [9.17, 15) is 28.3 Å². The number of likely N-dealkylation sites (tertiary alicyclic amines) is 1. The summed E-state index contributed by atoms with van der Waals surface area (Å²) in [4.78, 5) is 43.2. The SMILES string of the molecule is NC(CF)C1CCC(C(=O)N2CCC(C3CCCCC3)[C@H]2C(=O)Nc2ccc3[nH]c(C(=O)O)c(F)c3c2)CC1. The van der Waals surface area contributed by atoms with E-state index >= 15 is 0 Å². The molecular formula is C29H38F2N4O4. The molecule has 2 aliphatic carbocycles. The van der Waals surface area contributed by atoms with Crippen molar-refractivity contribution in [3.63, 3.8) is 0 Å². The monoisotopic (exact) mass is 544 g/mol. The second-order valence-corrected chi connectivity index (χ2v) is 11.6. The number of halogens is 2. The molecule has 1 aliphatic heterocycles. The molecule has 1 aromatic carbocycles. The highest BCUT2D eigenvalue weighted by atomic mass is 19.1. The van der Waals surface area contributed by atoms with E-state index in [2.05, 4.69) is 10.3 Å². The smallest absolute Gasteiger partial charge is 0.355 e. The lowest BCUT2D eigenvalue weighted by molar-refractivity contribution is -0.142. The first-order valence-corrected chi connectivity index (χ1v) is 14.3. The normalized spacial score (nSPS) is 27.0. The third-order valence-electron chi connectivity index (χ3n) is 9.37. The number of carboxylic acids is 1. The van der Waals surface area contributed by atoms with Crippen LogP contribution in [0, 0.1) is 29.5 Å². The van der Waals surface area contributed by atoms with E-state index in [4.69, 9.17) is 5.73 Å². The maximum atomic E-state index is 14.7. The first-order chi connectivity index (χ1) is 18.8. The van der Waals surface area contributed by atoms with Gasteiger partial charge in [0, 0.05) is 35.1 Å². The van der Waals surface area contributed by atoms with Crippen LogP contribution in [-0.2, 0) is 9.59 Å². The van der Waals surface area contributed by atoms with Gasteiger partial charge in [0.15, 0.2) is 11.5 Å². The highest BCUT2D eigenvalue weighted by molar-refractivity contribution is 6.01. The number of carbonyl (C=O) groups excluding carboxylic acids is 2. The van der Waals surface area contributed by atoms with Crippen molar-refractivity contribution in [2.45, 2.75) is 76.3 Å². The highest BCUT2D eigenvalue weighted by Gasteiger charge is 2.47. The van der Waals surface area contributed by atoms with Crippen LogP contribution < -0.4 is 11.1 Å². The lowest BCUT2D eigenvalue weighted by Crippen LogP contribution is -2.50. The Labute approximate surface area is 226 Å². The number of alkyl halides is 1. The van der Waals surface area contributed by atoms with Crippen molar-refractivity contribution in [1.29, 1.82) is 0 Å². The van der Waals surface area contributed by atoms with Gasteiger partial charge in [-0.2, -0.15) is 0 Å². The summed E-state index contributed by atoms with van der Waals surface area (Å²) in [7, 11) is 0. The summed E-state index contributed by atoms with van der Waals surface area (Å²) in [5.74, 6) is -2.28. The summed E-state index contributed by atoms with van der Waals surface area (Å²) in [6.07, 6.45) is 8.99. The van der Waals surface area contributed by atoms with E-state index in [0.717, 1.165) is 32.1 Å². The van der Waals surface area contributed by atoms with Gasteiger partial charge in [0.1, 0.15) is 12.7 Å². The maximum absolute atomic E-state index is 14.7. The van der Waals surface area contributed by atoms with Crippen LogP contribution in [0.2, 0.25) is 0 Å². The fourth-order valence-electron chi connectivity index (χ4n) is 7.21. The lowest BCUT2D eigenvalue weighted by Gasteiger charge is -2.36. The number of hydrogen-bond acceptors (Lipinski definition) is 4. The van der Waals surface area contributed by atoms with E-state index in [1.807, 2.05) is 0 Å². The van der Waals surface area contributed by atoms with Gasteiger partial charge in [-0.3, -0.25) is 9.59 Å². The fraction of sp³-hybridized carbons (Fsp3) is 0.621. The lowest BCUT2D eigenvalue weighted by atomic mass is 9.76. The van der Waals surface area contributed by atoms with Crippen molar-refractivity contribution in [2.75, 3.05) is 18.5 Å². The van der Waals surface area contributed by atoms with E-state index in [1.54, 1.807) is 11.0 Å². The van der Waals surface area contributed by atoms with Crippen molar-refractivity contribution >= 4 is 34.4 Å². The second-order valence-electron chi connectivity index (χ2n) is 11.6. The molecule has 0 radical (unpaired) electrons. The van der Waals surface area contributed by atoms with Crippen molar-refractivity contribution in [2.24, 2.45) is 29.4 Å². The number of carbonyl (C=O) groups is 3. The highest BCUT2D eigenvalue weighted by Crippen LogP contribution is 2.41. The molecule has 2 heterocycles. The van der Waals surface area contributed by atoms with Gasteiger partial charge in [-0.05, 0) is 68.1 Å². The zero-order valence-corrected chi connectivity index (χ0v) is 22.1. The van der Waals surface area contributed by atoms with Crippen molar-refractivity contribution in [3.8, 4) is 0 Å². The molecule has 212 valence electrons. The standard InChI is InChI=1S/C29H38F2N4O4/c30-15-22(32)17-6-8-18(9-7-17)28(37)35-13-12-20(16-4-2-1-3-5-16)26(35)27(36)33-19-10-11-23-21(14-19)24(31)25(34-23)29(38)39/h10-11,14,16-18,20,22,26,34H,1-9,12-13,15,32H2,(H,33,36)(H,38,39)/t17?,18?,20?,22?,26-/m0/s1. The van der Waals surface area contributed by atoms with Gasteiger partial charge in [-0.1, -0.05) is 32.1 Å². The molecule has 0 spiro atoms. The summed E-state index contributed by atoms with van der Waals surface area (Å²) in [6, 6.07) is 3.46. The fourth-order valence-corrected chi connectivity index (χ4v) is 7.21. The predicted octanol–water partition coefficient (Wildman–Crippen LogP) is 4.84. The van der Waals surface area contributed by atoms with Gasteiger partial charge in [0.05, 0.1) is 0 Å². The average Bonchev–Trinajstić information content (AvgIpc) is 3.54. The molecule has 1 aromatic heterocycles. The Hall–Kier alpha value is -3.01. The molecule has 3 fully saturated rings. The number of hydrogen-bond donors (Lipinski definition) is 4. The zero-order chi connectivity index (χ0) is 27.7. The molecule has 3 atom stereocenters. The van der Waals surface area contributed by atoms with Gasteiger partial charge < -0.3 is 26.0 Å². The number of anilines is 1. The first kappa shape index (κ1) is 27.6. The molecule has 2 aromatic rings. The molecule has 1 saturated heterocycles. The number of nitrogens with two attached hydrogens (primary N) is 1. The molecule has 5 rings (SSSR count). The third kappa shape index (κ3) is 5.53. The van der Waals surface area contributed by atoms with Crippen molar-refractivity contribution in [3.05, 3.63) is 29.7 Å². The van der Waals surface area contributed by atoms with Gasteiger partial charge in [0.25, 0.3) is 0 Å². The molecule has 2 unspecified atom stereocenters. The molecule has 10 heteroatoms. The molecule has 3 aliphatic rings. The number of rotatable bonds is 7. The number of H-pyrrole nitrogens is 1. The van der Waals surface area contributed by atoms with Crippen LogP contribution in [0.4, 0.5) is 14.5 Å². The summed E-state index contributed by atoms with van der Waals surface area (Å²) in [6.45, 7) is -0.0355. The average molecular weight is 545 g/mol. The topological polar surface area (TPSA) is 129 Å². The number of nitrogens with zero attached hydrogens (tertiary/aromatic N) is 1. The van der Waals surface area contributed by atoms with Crippen LogP contribution in [0.25, 0.3) is 10.9 Å². The molecule has 5 N–H and O–H groups in total. The van der Waals surface area contributed by atoms with E-state index in [0.29, 0.717) is 49.4 Å². The largest absolute Gasteiger partial charge is 0.476 e. The van der Waals surface area contributed by atoms with Crippen LogP contribution in [-0.4, -0.2) is 58.1 Å². The van der Waals surface area contributed by atoms with Crippen LogP contribution in [0.15, 0.2) is 18.2 Å². The zero-order valence-electron chi connectivity index (χ0n) is 22.1. The van der Waals surface area contributed by atoms with E-state index in [1.165, 1.54) is 18.6 Å². The molecule has 8 nitrogen and oxygen atoms in total. The van der Waals surface area contributed by atoms with Crippen LogP contribution in [0.1, 0.15) is 74.7 Å². The maximum Gasteiger partial charge on any atom is 0.355 e. The van der Waals surface area contributed by atoms with Crippen molar-refractivity contribution in [1.82, 2.24) is 9.88 Å². The minimum atomic E-state index is -1.40. The summed E-state index contributed by atoms with van der Waals surface area (Å²) < 4.78 is 27.7. The first-order valence-electron chi connectivity index (χ1n) is 14.3. The Bertz CT molecular complexity index is 1220. The summed E-state index contributed by atoms with van der Waals surface area (Å²) in [5, 5.41) is 12.2. The van der Waals surface area contributed by atoms with Gasteiger partial charge >= 0.3 is 5.97 Å². The molecule has 2 saturated carbocycles. The van der Waals surface area contributed by atoms with Crippen LogP contribution >= 0.6 is 0 Å². The Kier molecular flexibility index (Phi) is 8.21. The number of fused-ring (bicyclic) bond motifs is 1. The number of aromatic carboxylic acids is 1. The number of carboxylic acid groups (broad SMARTS) is 1. The summed E-state index contributed by atoms with van der Waals surface area (Å²) >= 11 is 0. The number of amides is 2. The predicted molar refractivity (Wildman–Crippen MR) is 143 cm³/mol. The molecule has 2 amide bonds. The van der Waals surface area contributed by atoms with Gasteiger partial charge in [0.2, 0.25) is 11.8 Å². The Morgan fingerprint density at radius 2 is 1.79 bits per heavy atom.